The van der Waals surface area contributed by atoms with E-state index in [1.807, 2.05) is 6.20 Å². The second-order valence-corrected chi connectivity index (χ2v) is 11.4. The van der Waals surface area contributed by atoms with Crippen LogP contribution < -0.4 is 0 Å². The molecule has 0 aromatic carbocycles. The summed E-state index contributed by atoms with van der Waals surface area (Å²) in [7, 11) is 0. The molecule has 4 nitrogen and oxygen atoms in total. The topological polar surface area (TPSA) is 34.6 Å². The molecule has 1 aliphatic rings. The lowest BCUT2D eigenvalue weighted by molar-refractivity contribution is 0.587. The van der Waals surface area contributed by atoms with Gasteiger partial charge < -0.3 is 0 Å². The molecule has 1 aliphatic carbocycles. The van der Waals surface area contributed by atoms with Gasteiger partial charge in [0.05, 0.1) is 22.9 Å². The number of aryl methyl sites for hydroxylation is 2. The van der Waals surface area contributed by atoms with Gasteiger partial charge in [-0.3, -0.25) is 0 Å². The number of hydrogen-bond donors (Lipinski definition) is 0. The average molecular weight is 415 g/mol. The zero-order chi connectivity index (χ0) is 22.3. The van der Waals surface area contributed by atoms with Gasteiger partial charge in [-0.05, 0) is 60.8 Å². The van der Waals surface area contributed by atoms with Gasteiger partial charge in [-0.25, -0.2) is 9.03 Å². The minimum atomic E-state index is 0.0562. The van der Waals surface area contributed by atoms with Crippen LogP contribution in [0.15, 0.2) is 36.5 Å². The molecule has 4 aromatic rings. The van der Waals surface area contributed by atoms with Crippen LogP contribution in [0, 0.1) is 13.8 Å². The van der Waals surface area contributed by atoms with Gasteiger partial charge in [0.15, 0.2) is 0 Å². The Morgan fingerprint density at radius 2 is 1.58 bits per heavy atom. The summed E-state index contributed by atoms with van der Waals surface area (Å²) in [6, 6.07) is 11.1. The van der Waals surface area contributed by atoms with Gasteiger partial charge >= 0.3 is 0 Å². The Hall–Kier alpha value is -2.62. The van der Waals surface area contributed by atoms with Crippen LogP contribution in [0.4, 0.5) is 0 Å². The van der Waals surface area contributed by atoms with Gasteiger partial charge in [-0.15, -0.1) is 0 Å². The molecule has 31 heavy (non-hydrogen) atoms. The summed E-state index contributed by atoms with van der Waals surface area (Å²) in [6.45, 7) is 18.0. The van der Waals surface area contributed by atoms with Gasteiger partial charge in [0.25, 0.3) is 0 Å². The molecule has 4 heteroatoms. The maximum atomic E-state index is 5.14. The molecule has 4 aromatic heterocycles. The number of fused-ring (bicyclic) bond motifs is 2. The number of aromatic nitrogens is 4. The molecule has 0 N–H and O–H groups in total. The molecule has 1 saturated carbocycles. The summed E-state index contributed by atoms with van der Waals surface area (Å²) in [4.78, 5) is 0. The fourth-order valence-corrected chi connectivity index (χ4v) is 5.26. The van der Waals surface area contributed by atoms with E-state index in [-0.39, 0.29) is 10.8 Å². The molecular formula is C27H34N4. The highest BCUT2D eigenvalue weighted by molar-refractivity contribution is 5.63. The van der Waals surface area contributed by atoms with Crippen molar-refractivity contribution < 1.29 is 0 Å². The second-order valence-electron chi connectivity index (χ2n) is 11.4. The molecular weight excluding hydrogens is 380 g/mol. The SMILES string of the molecule is Cc1cccc2c(C(C)(C)C)c(C3CC3c3ccc4c(C(C)(C)C)cnn4c3C)nn12. The highest BCUT2D eigenvalue weighted by Gasteiger charge is 2.45. The normalized spacial score (nSPS) is 19.5. The Labute approximate surface area is 185 Å². The number of pyridine rings is 2. The zero-order valence-corrected chi connectivity index (χ0v) is 20.1. The van der Waals surface area contributed by atoms with Gasteiger partial charge in [0.2, 0.25) is 0 Å². The first kappa shape index (κ1) is 20.3. The summed E-state index contributed by atoms with van der Waals surface area (Å²) in [5, 5.41) is 9.89. The Morgan fingerprint density at radius 3 is 2.26 bits per heavy atom. The lowest BCUT2D eigenvalue weighted by Gasteiger charge is -2.20. The first-order chi connectivity index (χ1) is 14.5. The lowest BCUT2D eigenvalue weighted by Crippen LogP contribution is -2.13. The van der Waals surface area contributed by atoms with Gasteiger partial charge in [0.1, 0.15) is 0 Å². The summed E-state index contributed by atoms with van der Waals surface area (Å²) < 4.78 is 4.29. The van der Waals surface area contributed by atoms with Crippen molar-refractivity contribution in [2.45, 2.75) is 84.5 Å². The summed E-state index contributed by atoms with van der Waals surface area (Å²) >= 11 is 0. The molecule has 162 valence electrons. The van der Waals surface area contributed by atoms with Crippen molar-refractivity contribution in [1.82, 2.24) is 19.2 Å². The predicted molar refractivity (Wildman–Crippen MR) is 127 cm³/mol. The third-order valence-corrected chi connectivity index (χ3v) is 6.94. The van der Waals surface area contributed by atoms with E-state index in [1.165, 1.54) is 44.8 Å². The van der Waals surface area contributed by atoms with Crippen LogP contribution in [0.2, 0.25) is 0 Å². The summed E-state index contributed by atoms with van der Waals surface area (Å²) in [5.74, 6) is 0.986. The van der Waals surface area contributed by atoms with E-state index in [4.69, 9.17) is 10.2 Å². The molecule has 2 atom stereocenters. The van der Waals surface area contributed by atoms with E-state index in [1.54, 1.807) is 0 Å². The van der Waals surface area contributed by atoms with E-state index in [9.17, 15) is 0 Å². The Balaban J connectivity index is 1.59. The summed E-state index contributed by atoms with van der Waals surface area (Å²) in [6.07, 6.45) is 3.20. The van der Waals surface area contributed by atoms with Crippen molar-refractivity contribution in [2.75, 3.05) is 0 Å². The predicted octanol–water partition coefficient (Wildman–Crippen LogP) is 6.46. The maximum Gasteiger partial charge on any atom is 0.0709 e. The highest BCUT2D eigenvalue weighted by Crippen LogP contribution is 2.57. The van der Waals surface area contributed by atoms with Crippen LogP contribution in [-0.4, -0.2) is 19.2 Å². The van der Waals surface area contributed by atoms with E-state index in [2.05, 4.69) is 94.8 Å². The number of nitrogens with zero attached hydrogens (tertiary/aromatic N) is 4. The Bertz CT molecular complexity index is 1310. The molecule has 5 rings (SSSR count). The minimum Gasteiger partial charge on any atom is -0.238 e. The molecule has 0 saturated heterocycles. The lowest BCUT2D eigenvalue weighted by atomic mass is 9.84. The van der Waals surface area contributed by atoms with Crippen LogP contribution >= 0.6 is 0 Å². The molecule has 0 amide bonds. The van der Waals surface area contributed by atoms with Crippen molar-refractivity contribution >= 4 is 11.0 Å². The first-order valence-electron chi connectivity index (χ1n) is 11.4. The number of rotatable bonds is 2. The Kier molecular flexibility index (Phi) is 4.22. The largest absolute Gasteiger partial charge is 0.238 e. The van der Waals surface area contributed by atoms with Gasteiger partial charge in [-0.1, -0.05) is 53.7 Å². The minimum absolute atomic E-state index is 0.0562. The van der Waals surface area contributed by atoms with Crippen molar-refractivity contribution in [1.29, 1.82) is 0 Å². The molecule has 0 aliphatic heterocycles. The van der Waals surface area contributed by atoms with Crippen LogP contribution in [0.5, 0.6) is 0 Å². The van der Waals surface area contributed by atoms with Crippen molar-refractivity contribution in [3.63, 3.8) is 0 Å². The fourth-order valence-electron chi connectivity index (χ4n) is 5.26. The third-order valence-electron chi connectivity index (χ3n) is 6.94. The first-order valence-corrected chi connectivity index (χ1v) is 11.4. The van der Waals surface area contributed by atoms with E-state index in [0.717, 1.165) is 6.42 Å². The van der Waals surface area contributed by atoms with Crippen LogP contribution in [0.3, 0.4) is 0 Å². The average Bonchev–Trinajstić information content (AvgIpc) is 3.12. The van der Waals surface area contributed by atoms with E-state index >= 15 is 0 Å². The van der Waals surface area contributed by atoms with Crippen molar-refractivity contribution in [3.05, 3.63) is 70.3 Å². The summed E-state index contributed by atoms with van der Waals surface area (Å²) in [5.41, 5.74) is 10.5. The van der Waals surface area contributed by atoms with Crippen LogP contribution in [0.1, 0.15) is 93.6 Å². The Morgan fingerprint density at radius 1 is 0.839 bits per heavy atom. The molecule has 1 fully saturated rings. The van der Waals surface area contributed by atoms with Gasteiger partial charge in [-0.2, -0.15) is 10.2 Å². The monoisotopic (exact) mass is 414 g/mol. The molecule has 0 radical (unpaired) electrons. The number of hydrogen-bond acceptors (Lipinski definition) is 2. The van der Waals surface area contributed by atoms with E-state index < -0.39 is 0 Å². The third kappa shape index (κ3) is 3.10. The fraction of sp³-hybridized carbons (Fsp3) is 0.481. The smallest absolute Gasteiger partial charge is 0.0709 e. The van der Waals surface area contributed by atoms with Gasteiger partial charge in [0, 0.05) is 28.4 Å². The van der Waals surface area contributed by atoms with Crippen molar-refractivity contribution in [2.24, 2.45) is 0 Å². The standard InChI is InChI=1S/C27H34N4/c1-16-10-9-11-23-24(27(6,7)8)25(29-30(16)23)20-14-19(20)18-12-13-22-21(26(3,4)5)15-28-31(22)17(18)2/h9-13,15,19-20H,14H2,1-8H3. The second kappa shape index (κ2) is 6.44. The maximum absolute atomic E-state index is 5.14. The van der Waals surface area contributed by atoms with Crippen LogP contribution in [0.25, 0.3) is 11.0 Å². The molecule has 4 heterocycles. The molecule has 2 unspecified atom stereocenters. The van der Waals surface area contributed by atoms with Crippen LogP contribution in [-0.2, 0) is 10.8 Å². The zero-order valence-electron chi connectivity index (χ0n) is 20.1. The quantitative estimate of drug-likeness (QED) is 0.377. The van der Waals surface area contributed by atoms with Crippen molar-refractivity contribution in [3.8, 4) is 0 Å². The van der Waals surface area contributed by atoms with E-state index in [0.29, 0.717) is 11.8 Å². The molecule has 0 spiro atoms. The highest BCUT2D eigenvalue weighted by atomic mass is 15.2. The molecule has 0 bridgehead atoms.